The predicted octanol–water partition coefficient (Wildman–Crippen LogP) is 0.643. The maximum atomic E-state index is 11.5. The lowest BCUT2D eigenvalue weighted by molar-refractivity contribution is -0.128. The van der Waals surface area contributed by atoms with Crippen molar-refractivity contribution in [1.29, 1.82) is 0 Å². The van der Waals surface area contributed by atoms with Crippen molar-refractivity contribution in [3.05, 3.63) is 12.7 Å². The molecule has 0 aliphatic carbocycles. The van der Waals surface area contributed by atoms with Crippen LogP contribution < -0.4 is 0 Å². The van der Waals surface area contributed by atoms with Gasteiger partial charge in [-0.3, -0.25) is 9.59 Å². The van der Waals surface area contributed by atoms with Crippen LogP contribution in [0.2, 0.25) is 0 Å². The molecule has 2 rings (SSSR count). The summed E-state index contributed by atoms with van der Waals surface area (Å²) in [6, 6.07) is 0. The average Bonchev–Trinajstić information content (AvgIpc) is 2.89. The quantitative estimate of drug-likeness (QED) is 0.658. The van der Waals surface area contributed by atoms with E-state index in [-0.39, 0.29) is 11.8 Å². The zero-order chi connectivity index (χ0) is 11.5. The molecule has 0 bridgehead atoms. The summed E-state index contributed by atoms with van der Waals surface area (Å²) in [5.41, 5.74) is 0. The van der Waals surface area contributed by atoms with Gasteiger partial charge in [0, 0.05) is 32.6 Å². The number of hydrogen-bond donors (Lipinski definition) is 0. The molecule has 2 aliphatic rings. The minimum absolute atomic E-state index is 0.00949. The molecule has 0 N–H and O–H groups in total. The monoisotopic (exact) mass is 222 g/mol. The summed E-state index contributed by atoms with van der Waals surface area (Å²) in [6.07, 6.45) is 4.05. The van der Waals surface area contributed by atoms with Crippen LogP contribution in [0.15, 0.2) is 12.7 Å². The third-order valence-corrected chi connectivity index (χ3v) is 3.42. The van der Waals surface area contributed by atoms with E-state index in [1.165, 1.54) is 6.08 Å². The van der Waals surface area contributed by atoms with Crippen LogP contribution in [-0.2, 0) is 9.59 Å². The lowest BCUT2D eigenvalue weighted by Crippen LogP contribution is -2.33. The van der Waals surface area contributed by atoms with Crippen molar-refractivity contribution in [2.75, 3.05) is 26.2 Å². The first-order chi connectivity index (χ1) is 7.70. The standard InChI is InChI=1S/C12H18N2O2/c1-2-11(15)14-7-5-10(9-14)8-13-6-3-4-12(13)16/h2,10H,1,3-9H2. The average molecular weight is 222 g/mol. The number of nitrogens with zero attached hydrogens (tertiary/aromatic N) is 2. The molecule has 0 aromatic carbocycles. The first-order valence-corrected chi connectivity index (χ1v) is 5.90. The van der Waals surface area contributed by atoms with Crippen LogP contribution in [0.25, 0.3) is 0 Å². The van der Waals surface area contributed by atoms with E-state index >= 15 is 0 Å². The molecule has 1 atom stereocenters. The van der Waals surface area contributed by atoms with E-state index in [0.29, 0.717) is 12.3 Å². The van der Waals surface area contributed by atoms with E-state index in [0.717, 1.165) is 39.0 Å². The van der Waals surface area contributed by atoms with Crippen LogP contribution in [0.4, 0.5) is 0 Å². The summed E-state index contributed by atoms with van der Waals surface area (Å²) in [5.74, 6) is 0.731. The summed E-state index contributed by atoms with van der Waals surface area (Å²) in [7, 11) is 0. The van der Waals surface area contributed by atoms with Gasteiger partial charge in [0.1, 0.15) is 0 Å². The summed E-state index contributed by atoms with van der Waals surface area (Å²) in [4.78, 5) is 26.6. The molecular formula is C12H18N2O2. The largest absolute Gasteiger partial charge is 0.342 e. The summed E-state index contributed by atoms with van der Waals surface area (Å²) < 4.78 is 0. The lowest BCUT2D eigenvalue weighted by atomic mass is 10.1. The number of carbonyl (C=O) groups excluding carboxylic acids is 2. The highest BCUT2D eigenvalue weighted by Crippen LogP contribution is 2.20. The van der Waals surface area contributed by atoms with Gasteiger partial charge >= 0.3 is 0 Å². The second-order valence-corrected chi connectivity index (χ2v) is 4.59. The molecule has 0 saturated carbocycles. The molecule has 1 unspecified atom stereocenters. The van der Waals surface area contributed by atoms with Gasteiger partial charge in [0.15, 0.2) is 0 Å². The van der Waals surface area contributed by atoms with Gasteiger partial charge in [0.2, 0.25) is 11.8 Å². The first-order valence-electron chi connectivity index (χ1n) is 5.90. The van der Waals surface area contributed by atoms with Gasteiger partial charge in [-0.25, -0.2) is 0 Å². The Kier molecular flexibility index (Phi) is 3.27. The van der Waals surface area contributed by atoms with Crippen molar-refractivity contribution in [2.45, 2.75) is 19.3 Å². The third kappa shape index (κ3) is 2.26. The predicted molar refractivity (Wildman–Crippen MR) is 60.7 cm³/mol. The Morgan fingerprint density at radius 2 is 2.31 bits per heavy atom. The van der Waals surface area contributed by atoms with Crippen LogP contribution in [0.3, 0.4) is 0 Å². The fourth-order valence-electron chi connectivity index (χ4n) is 2.52. The van der Waals surface area contributed by atoms with Gasteiger partial charge in [0.05, 0.1) is 0 Å². The molecule has 2 aliphatic heterocycles. The SMILES string of the molecule is C=CC(=O)N1CCC(CN2CCCC2=O)C1. The molecule has 0 aromatic rings. The smallest absolute Gasteiger partial charge is 0.245 e. The molecular weight excluding hydrogens is 204 g/mol. The molecule has 16 heavy (non-hydrogen) atoms. The van der Waals surface area contributed by atoms with Gasteiger partial charge in [0.25, 0.3) is 0 Å². The van der Waals surface area contributed by atoms with E-state index in [1.54, 1.807) is 0 Å². The molecule has 0 radical (unpaired) electrons. The van der Waals surface area contributed by atoms with Crippen LogP contribution in [0.5, 0.6) is 0 Å². The van der Waals surface area contributed by atoms with Crippen molar-refractivity contribution in [1.82, 2.24) is 9.80 Å². The Hall–Kier alpha value is -1.32. The number of amides is 2. The van der Waals surface area contributed by atoms with E-state index in [4.69, 9.17) is 0 Å². The van der Waals surface area contributed by atoms with Crippen molar-refractivity contribution in [3.63, 3.8) is 0 Å². The Labute approximate surface area is 95.9 Å². The first kappa shape index (κ1) is 11.2. The van der Waals surface area contributed by atoms with Gasteiger partial charge in [-0.2, -0.15) is 0 Å². The highest BCUT2D eigenvalue weighted by atomic mass is 16.2. The molecule has 2 saturated heterocycles. The fourth-order valence-corrected chi connectivity index (χ4v) is 2.52. The normalized spacial score (nSPS) is 25.2. The number of likely N-dealkylation sites (tertiary alicyclic amines) is 2. The van der Waals surface area contributed by atoms with Gasteiger partial charge in [-0.05, 0) is 24.8 Å². The topological polar surface area (TPSA) is 40.6 Å². The Morgan fingerprint density at radius 1 is 1.50 bits per heavy atom. The van der Waals surface area contributed by atoms with Crippen LogP contribution in [-0.4, -0.2) is 47.8 Å². The highest BCUT2D eigenvalue weighted by Gasteiger charge is 2.29. The molecule has 88 valence electrons. The minimum atomic E-state index is 0.00949. The molecule has 4 nitrogen and oxygen atoms in total. The van der Waals surface area contributed by atoms with Gasteiger partial charge in [-0.15, -0.1) is 0 Å². The van der Waals surface area contributed by atoms with E-state index in [2.05, 4.69) is 6.58 Å². The zero-order valence-electron chi connectivity index (χ0n) is 9.52. The van der Waals surface area contributed by atoms with E-state index in [1.807, 2.05) is 9.80 Å². The van der Waals surface area contributed by atoms with Crippen molar-refractivity contribution < 1.29 is 9.59 Å². The van der Waals surface area contributed by atoms with E-state index in [9.17, 15) is 9.59 Å². The second kappa shape index (κ2) is 4.68. The van der Waals surface area contributed by atoms with Gasteiger partial charge < -0.3 is 9.80 Å². The number of rotatable bonds is 3. The molecule has 2 fully saturated rings. The molecule has 2 heterocycles. The van der Waals surface area contributed by atoms with E-state index < -0.39 is 0 Å². The Morgan fingerprint density at radius 3 is 2.94 bits per heavy atom. The van der Waals surface area contributed by atoms with Crippen molar-refractivity contribution in [2.24, 2.45) is 5.92 Å². The minimum Gasteiger partial charge on any atom is -0.342 e. The summed E-state index contributed by atoms with van der Waals surface area (Å²) >= 11 is 0. The van der Waals surface area contributed by atoms with Crippen molar-refractivity contribution >= 4 is 11.8 Å². The molecule has 0 aromatic heterocycles. The molecule has 4 heteroatoms. The summed E-state index contributed by atoms with van der Waals surface area (Å²) in [6.45, 7) is 6.78. The summed E-state index contributed by atoms with van der Waals surface area (Å²) in [5, 5.41) is 0. The number of carbonyl (C=O) groups is 2. The lowest BCUT2D eigenvalue weighted by Gasteiger charge is -2.20. The molecule has 0 spiro atoms. The van der Waals surface area contributed by atoms with Crippen LogP contribution in [0, 0.1) is 5.92 Å². The van der Waals surface area contributed by atoms with Gasteiger partial charge in [-0.1, -0.05) is 6.58 Å². The highest BCUT2D eigenvalue weighted by molar-refractivity contribution is 5.87. The fraction of sp³-hybridized carbons (Fsp3) is 0.667. The maximum Gasteiger partial charge on any atom is 0.245 e. The van der Waals surface area contributed by atoms with Crippen molar-refractivity contribution in [3.8, 4) is 0 Å². The number of hydrogen-bond acceptors (Lipinski definition) is 2. The third-order valence-electron chi connectivity index (χ3n) is 3.42. The second-order valence-electron chi connectivity index (χ2n) is 4.59. The molecule has 2 amide bonds. The Balaban J connectivity index is 1.82. The zero-order valence-corrected chi connectivity index (χ0v) is 9.52. The Bertz CT molecular complexity index is 314. The maximum absolute atomic E-state index is 11.5. The van der Waals surface area contributed by atoms with Crippen LogP contribution >= 0.6 is 0 Å². The van der Waals surface area contributed by atoms with Crippen LogP contribution in [0.1, 0.15) is 19.3 Å².